The van der Waals surface area contributed by atoms with Crippen LogP contribution in [0.4, 0.5) is 0 Å². The average Bonchev–Trinajstić information content (AvgIpc) is 3.20. The number of carbonyl (C=O) groups is 1. The van der Waals surface area contributed by atoms with Gasteiger partial charge in [0.15, 0.2) is 0 Å². The van der Waals surface area contributed by atoms with E-state index in [1.807, 2.05) is 54.6 Å². The predicted molar refractivity (Wildman–Crippen MR) is 138 cm³/mol. The van der Waals surface area contributed by atoms with Crippen molar-refractivity contribution >= 4 is 40.1 Å². The van der Waals surface area contributed by atoms with Crippen molar-refractivity contribution in [3.8, 4) is 5.75 Å². The molecule has 0 atom stereocenters. The van der Waals surface area contributed by atoms with Gasteiger partial charge in [-0.15, -0.1) is 0 Å². The monoisotopic (exact) mass is 495 g/mol. The zero-order valence-electron chi connectivity index (χ0n) is 18.8. The molecule has 176 valence electrons. The minimum atomic E-state index is -0.153. The molecule has 0 fully saturated rings. The van der Waals surface area contributed by atoms with Gasteiger partial charge in [0.05, 0.1) is 28.2 Å². The number of hydrogen-bond donors (Lipinski definition) is 1. The number of benzene rings is 3. The maximum atomic E-state index is 12.4. The Kier molecular flexibility index (Phi) is 8.45. The van der Waals surface area contributed by atoms with Crippen LogP contribution in [0.15, 0.2) is 72.8 Å². The Balaban J connectivity index is 1.29. The largest absolute Gasteiger partial charge is 0.494 e. The Morgan fingerprint density at radius 3 is 2.50 bits per heavy atom. The van der Waals surface area contributed by atoms with Crippen molar-refractivity contribution in [3.63, 3.8) is 0 Å². The van der Waals surface area contributed by atoms with E-state index in [-0.39, 0.29) is 5.91 Å². The highest BCUT2D eigenvalue weighted by molar-refractivity contribution is 6.33. The van der Waals surface area contributed by atoms with Crippen LogP contribution in [-0.4, -0.2) is 28.6 Å². The first kappa shape index (κ1) is 24.1. The summed E-state index contributed by atoms with van der Waals surface area (Å²) in [5, 5.41) is 4.12. The van der Waals surface area contributed by atoms with Crippen LogP contribution in [0.25, 0.3) is 11.0 Å². The van der Waals surface area contributed by atoms with Crippen molar-refractivity contribution in [1.29, 1.82) is 0 Å². The Morgan fingerprint density at radius 2 is 1.68 bits per heavy atom. The molecule has 1 amide bonds. The van der Waals surface area contributed by atoms with Gasteiger partial charge in [0.2, 0.25) is 0 Å². The summed E-state index contributed by atoms with van der Waals surface area (Å²) in [6.45, 7) is 2.08. The van der Waals surface area contributed by atoms with Gasteiger partial charge in [-0.1, -0.05) is 47.5 Å². The Hall–Kier alpha value is -3.02. The second-order valence-electron chi connectivity index (χ2n) is 8.02. The lowest BCUT2D eigenvalue weighted by molar-refractivity contribution is 0.0953. The topological polar surface area (TPSA) is 56.2 Å². The fourth-order valence-electron chi connectivity index (χ4n) is 3.85. The molecule has 0 radical (unpaired) electrons. The quantitative estimate of drug-likeness (QED) is 0.239. The van der Waals surface area contributed by atoms with E-state index in [0.717, 1.165) is 54.8 Å². The fourth-order valence-corrected chi connectivity index (χ4v) is 4.20. The Labute approximate surface area is 209 Å². The number of rotatable bonds is 11. The van der Waals surface area contributed by atoms with Gasteiger partial charge in [0.1, 0.15) is 11.6 Å². The van der Waals surface area contributed by atoms with Crippen LogP contribution in [0.5, 0.6) is 5.75 Å². The summed E-state index contributed by atoms with van der Waals surface area (Å²) in [5.41, 5.74) is 2.63. The van der Waals surface area contributed by atoms with Gasteiger partial charge in [-0.2, -0.15) is 0 Å². The maximum Gasteiger partial charge on any atom is 0.252 e. The summed E-state index contributed by atoms with van der Waals surface area (Å²) in [5.74, 6) is 1.71. The number of para-hydroxylation sites is 2. The first-order chi connectivity index (χ1) is 16.6. The van der Waals surface area contributed by atoms with Crippen molar-refractivity contribution in [2.24, 2.45) is 0 Å². The molecule has 0 aliphatic rings. The van der Waals surface area contributed by atoms with Crippen molar-refractivity contribution in [2.45, 2.75) is 32.2 Å². The molecule has 0 spiro atoms. The van der Waals surface area contributed by atoms with Gasteiger partial charge in [-0.05, 0) is 67.8 Å². The van der Waals surface area contributed by atoms with Gasteiger partial charge in [0, 0.05) is 24.5 Å². The molecule has 0 saturated carbocycles. The number of hydrogen-bond acceptors (Lipinski definition) is 3. The van der Waals surface area contributed by atoms with Crippen molar-refractivity contribution < 1.29 is 9.53 Å². The number of fused-ring (bicyclic) bond motifs is 1. The molecular formula is C27H27Cl2N3O2. The lowest BCUT2D eigenvalue weighted by Crippen LogP contribution is -2.25. The van der Waals surface area contributed by atoms with E-state index in [2.05, 4.69) is 16.0 Å². The number of aromatic nitrogens is 2. The Bertz CT molecular complexity index is 1240. The highest BCUT2D eigenvalue weighted by Crippen LogP contribution is 2.19. The predicted octanol–water partition coefficient (Wildman–Crippen LogP) is 6.56. The van der Waals surface area contributed by atoms with Crippen LogP contribution in [0.1, 0.15) is 35.4 Å². The van der Waals surface area contributed by atoms with Gasteiger partial charge >= 0.3 is 0 Å². The van der Waals surface area contributed by atoms with Crippen LogP contribution in [0.2, 0.25) is 10.0 Å². The summed E-state index contributed by atoms with van der Waals surface area (Å²) < 4.78 is 8.10. The molecule has 4 aromatic rings. The van der Waals surface area contributed by atoms with E-state index >= 15 is 0 Å². The van der Waals surface area contributed by atoms with E-state index in [4.69, 9.17) is 32.9 Å². The molecule has 0 aliphatic carbocycles. The van der Waals surface area contributed by atoms with Gasteiger partial charge in [-0.3, -0.25) is 4.79 Å². The highest BCUT2D eigenvalue weighted by Gasteiger charge is 2.12. The van der Waals surface area contributed by atoms with E-state index in [1.54, 1.807) is 12.1 Å². The molecule has 3 aromatic carbocycles. The lowest BCUT2D eigenvalue weighted by Gasteiger charge is -2.11. The number of nitrogens with one attached hydrogen (secondary N) is 1. The summed E-state index contributed by atoms with van der Waals surface area (Å²) in [7, 11) is 0. The van der Waals surface area contributed by atoms with Gasteiger partial charge in [0.25, 0.3) is 5.91 Å². The smallest absolute Gasteiger partial charge is 0.252 e. The number of halogens is 2. The van der Waals surface area contributed by atoms with Crippen molar-refractivity contribution in [3.05, 3.63) is 94.2 Å². The number of unbranched alkanes of at least 4 members (excludes halogenated alkanes) is 1. The number of imidazole rings is 1. The molecule has 7 heteroatoms. The molecule has 34 heavy (non-hydrogen) atoms. The van der Waals surface area contributed by atoms with Gasteiger partial charge in [-0.25, -0.2) is 4.98 Å². The molecule has 1 heterocycles. The first-order valence-corrected chi connectivity index (χ1v) is 12.2. The zero-order chi connectivity index (χ0) is 23.8. The molecule has 4 rings (SSSR count). The van der Waals surface area contributed by atoms with E-state index in [1.165, 1.54) is 0 Å². The van der Waals surface area contributed by atoms with E-state index in [9.17, 15) is 4.79 Å². The minimum Gasteiger partial charge on any atom is -0.494 e. The molecule has 0 bridgehead atoms. The second-order valence-corrected chi connectivity index (χ2v) is 8.86. The van der Waals surface area contributed by atoms with Crippen molar-refractivity contribution in [2.75, 3.05) is 13.2 Å². The van der Waals surface area contributed by atoms with Crippen LogP contribution >= 0.6 is 23.2 Å². The fraction of sp³-hybridized carbons (Fsp3) is 0.259. The number of nitrogens with zero attached hydrogens (tertiary/aromatic N) is 2. The molecule has 5 nitrogen and oxygen atoms in total. The number of amides is 1. The second kappa shape index (κ2) is 11.9. The van der Waals surface area contributed by atoms with E-state index < -0.39 is 0 Å². The number of aryl methyl sites for hydroxylation is 2. The molecule has 1 N–H and O–H groups in total. The van der Waals surface area contributed by atoms with Crippen LogP contribution < -0.4 is 10.1 Å². The molecule has 1 aromatic heterocycles. The van der Waals surface area contributed by atoms with E-state index in [0.29, 0.717) is 28.8 Å². The summed E-state index contributed by atoms with van der Waals surface area (Å²) >= 11 is 12.0. The summed E-state index contributed by atoms with van der Waals surface area (Å²) in [6, 6.07) is 22.7. The summed E-state index contributed by atoms with van der Waals surface area (Å²) in [4.78, 5) is 17.2. The highest BCUT2D eigenvalue weighted by atomic mass is 35.5. The Morgan fingerprint density at radius 1 is 0.912 bits per heavy atom. The summed E-state index contributed by atoms with van der Waals surface area (Å²) in [6.07, 6.45) is 3.48. The van der Waals surface area contributed by atoms with Crippen LogP contribution in [0.3, 0.4) is 0 Å². The lowest BCUT2D eigenvalue weighted by atomic mass is 10.2. The minimum absolute atomic E-state index is 0.153. The number of ether oxygens (including phenoxy) is 1. The molecule has 0 unspecified atom stereocenters. The van der Waals surface area contributed by atoms with Gasteiger partial charge < -0.3 is 14.6 Å². The third-order valence-corrected chi connectivity index (χ3v) is 6.15. The molecular weight excluding hydrogens is 469 g/mol. The van der Waals surface area contributed by atoms with Crippen LogP contribution in [-0.2, 0) is 13.0 Å². The van der Waals surface area contributed by atoms with Crippen LogP contribution in [0, 0.1) is 0 Å². The molecule has 0 saturated heterocycles. The third-order valence-electron chi connectivity index (χ3n) is 5.57. The standard InChI is InChI=1S/C27H27Cl2N3O2/c28-20-13-15-21(16-14-20)34-19-6-5-18-32-25-11-4-3-10-24(25)31-26(32)12-7-17-30-27(33)22-8-1-2-9-23(22)29/h1-4,8-11,13-16H,5-7,12,17-19H2,(H,30,33). The average molecular weight is 496 g/mol. The molecule has 0 aliphatic heterocycles. The first-order valence-electron chi connectivity index (χ1n) is 11.5. The normalized spacial score (nSPS) is 11.0. The van der Waals surface area contributed by atoms with Crippen molar-refractivity contribution in [1.82, 2.24) is 14.9 Å². The zero-order valence-corrected chi connectivity index (χ0v) is 20.4. The maximum absolute atomic E-state index is 12.4. The number of carbonyl (C=O) groups excluding carboxylic acids is 1. The SMILES string of the molecule is O=C(NCCCc1nc2ccccc2n1CCCCOc1ccc(Cl)cc1)c1ccccc1Cl. The third kappa shape index (κ3) is 6.31.